The number of nitrogens with zero attached hydrogens (tertiary/aromatic N) is 2. The van der Waals surface area contributed by atoms with E-state index in [-0.39, 0.29) is 11.6 Å². The predicted octanol–water partition coefficient (Wildman–Crippen LogP) is 4.51. The second kappa shape index (κ2) is 9.79. The smallest absolute Gasteiger partial charge is 0.273 e. The number of piperidine rings is 1. The number of amides is 1. The molecule has 1 saturated heterocycles. The molecule has 0 spiro atoms. The standard InChI is InChI=1S/C25H29N3O3/c1-18-11-13-28(14-12-18)17-20-8-4-3-7-19(20)16-26-25(29)22-15-24(31-27-22)21-9-5-6-10-23(21)30-2/h3-10,15,18H,11-14,16-17H2,1-2H3,(H,26,29). The summed E-state index contributed by atoms with van der Waals surface area (Å²) in [5.74, 6) is 1.73. The largest absolute Gasteiger partial charge is 0.496 e. The summed E-state index contributed by atoms with van der Waals surface area (Å²) in [6.07, 6.45) is 2.50. The number of ether oxygens (including phenoxy) is 1. The number of para-hydroxylation sites is 1. The van der Waals surface area contributed by atoms with E-state index in [0.29, 0.717) is 18.1 Å². The van der Waals surface area contributed by atoms with Crippen LogP contribution in [0.1, 0.15) is 41.4 Å². The molecule has 0 atom stereocenters. The van der Waals surface area contributed by atoms with E-state index < -0.39 is 0 Å². The van der Waals surface area contributed by atoms with Crippen LogP contribution < -0.4 is 10.1 Å². The molecule has 1 amide bonds. The number of likely N-dealkylation sites (tertiary alicyclic amines) is 1. The zero-order valence-corrected chi connectivity index (χ0v) is 18.1. The molecule has 0 radical (unpaired) electrons. The summed E-state index contributed by atoms with van der Waals surface area (Å²) in [6, 6.07) is 17.4. The van der Waals surface area contributed by atoms with Crippen LogP contribution in [0.3, 0.4) is 0 Å². The van der Waals surface area contributed by atoms with Crippen molar-refractivity contribution < 1.29 is 14.1 Å². The van der Waals surface area contributed by atoms with Gasteiger partial charge in [-0.1, -0.05) is 48.5 Å². The fourth-order valence-corrected chi connectivity index (χ4v) is 3.97. The summed E-state index contributed by atoms with van der Waals surface area (Å²) in [5, 5.41) is 6.93. The van der Waals surface area contributed by atoms with E-state index in [1.807, 2.05) is 30.3 Å². The number of carbonyl (C=O) groups excluding carboxylic acids is 1. The van der Waals surface area contributed by atoms with Gasteiger partial charge < -0.3 is 14.6 Å². The minimum atomic E-state index is -0.258. The molecule has 1 aliphatic heterocycles. The highest BCUT2D eigenvalue weighted by Gasteiger charge is 2.18. The normalized spacial score (nSPS) is 15.0. The average Bonchev–Trinajstić information content (AvgIpc) is 3.30. The molecule has 6 heteroatoms. The van der Waals surface area contributed by atoms with E-state index in [1.54, 1.807) is 13.2 Å². The van der Waals surface area contributed by atoms with Crippen LogP contribution in [0.5, 0.6) is 5.75 Å². The van der Waals surface area contributed by atoms with Crippen LogP contribution in [0.4, 0.5) is 0 Å². The van der Waals surface area contributed by atoms with Crippen molar-refractivity contribution in [2.75, 3.05) is 20.2 Å². The van der Waals surface area contributed by atoms with Gasteiger partial charge in [-0.05, 0) is 55.1 Å². The van der Waals surface area contributed by atoms with E-state index in [0.717, 1.165) is 36.7 Å². The van der Waals surface area contributed by atoms with E-state index >= 15 is 0 Å². The minimum absolute atomic E-state index is 0.253. The fraction of sp³-hybridized carbons (Fsp3) is 0.360. The van der Waals surface area contributed by atoms with Gasteiger partial charge in [-0.3, -0.25) is 9.69 Å². The zero-order chi connectivity index (χ0) is 21.6. The highest BCUT2D eigenvalue weighted by molar-refractivity contribution is 5.93. The number of aromatic nitrogens is 1. The van der Waals surface area contributed by atoms with Gasteiger partial charge in [-0.15, -0.1) is 0 Å². The Balaban J connectivity index is 1.40. The zero-order valence-electron chi connectivity index (χ0n) is 18.1. The van der Waals surface area contributed by atoms with Crippen LogP contribution >= 0.6 is 0 Å². The number of rotatable bonds is 7. The number of nitrogens with one attached hydrogen (secondary N) is 1. The Hall–Kier alpha value is -3.12. The molecule has 1 fully saturated rings. The molecule has 0 unspecified atom stereocenters. The van der Waals surface area contributed by atoms with Gasteiger partial charge >= 0.3 is 0 Å². The highest BCUT2D eigenvalue weighted by Crippen LogP contribution is 2.30. The van der Waals surface area contributed by atoms with E-state index in [2.05, 4.69) is 40.5 Å². The number of benzene rings is 2. The molecule has 3 aromatic rings. The maximum absolute atomic E-state index is 12.7. The van der Waals surface area contributed by atoms with Crippen LogP contribution in [0.25, 0.3) is 11.3 Å². The lowest BCUT2D eigenvalue weighted by Gasteiger charge is -2.30. The number of hydrogen-bond acceptors (Lipinski definition) is 5. The Kier molecular flexibility index (Phi) is 6.67. The summed E-state index contributed by atoms with van der Waals surface area (Å²) >= 11 is 0. The highest BCUT2D eigenvalue weighted by atomic mass is 16.5. The molecular formula is C25H29N3O3. The molecule has 4 rings (SSSR count). The van der Waals surface area contributed by atoms with Crippen LogP contribution in [0.15, 0.2) is 59.1 Å². The van der Waals surface area contributed by atoms with Crippen LogP contribution in [0.2, 0.25) is 0 Å². The molecule has 162 valence electrons. The molecule has 6 nitrogen and oxygen atoms in total. The molecule has 2 heterocycles. The summed E-state index contributed by atoms with van der Waals surface area (Å²) in [4.78, 5) is 15.2. The summed E-state index contributed by atoms with van der Waals surface area (Å²) in [5.41, 5.74) is 3.40. The van der Waals surface area contributed by atoms with Crippen molar-refractivity contribution in [2.45, 2.75) is 32.9 Å². The molecule has 0 saturated carbocycles. The van der Waals surface area contributed by atoms with Gasteiger partial charge in [0, 0.05) is 19.2 Å². The van der Waals surface area contributed by atoms with E-state index in [9.17, 15) is 4.79 Å². The Bertz CT molecular complexity index is 1020. The Labute approximate surface area is 183 Å². The summed E-state index contributed by atoms with van der Waals surface area (Å²) in [7, 11) is 1.60. The van der Waals surface area contributed by atoms with Crippen LogP contribution in [0, 0.1) is 5.92 Å². The fourth-order valence-electron chi connectivity index (χ4n) is 3.97. The molecular weight excluding hydrogens is 390 g/mol. The molecule has 1 aromatic heterocycles. The Morgan fingerprint density at radius 1 is 1.13 bits per heavy atom. The Morgan fingerprint density at radius 2 is 1.84 bits per heavy atom. The van der Waals surface area contributed by atoms with E-state index in [1.165, 1.54) is 18.4 Å². The molecule has 2 aromatic carbocycles. The van der Waals surface area contributed by atoms with Crippen molar-refractivity contribution in [3.05, 3.63) is 71.4 Å². The predicted molar refractivity (Wildman–Crippen MR) is 120 cm³/mol. The van der Waals surface area contributed by atoms with Gasteiger partial charge in [0.2, 0.25) is 0 Å². The average molecular weight is 420 g/mol. The SMILES string of the molecule is COc1ccccc1-c1cc(C(=O)NCc2ccccc2CN2CCC(C)CC2)no1. The third kappa shape index (κ3) is 5.14. The quantitative estimate of drug-likeness (QED) is 0.610. The minimum Gasteiger partial charge on any atom is -0.496 e. The lowest BCUT2D eigenvalue weighted by molar-refractivity contribution is 0.0941. The maximum Gasteiger partial charge on any atom is 0.273 e. The number of methoxy groups -OCH3 is 1. The molecule has 1 N–H and O–H groups in total. The summed E-state index contributed by atoms with van der Waals surface area (Å²) < 4.78 is 10.8. The van der Waals surface area contributed by atoms with Crippen molar-refractivity contribution in [2.24, 2.45) is 5.92 Å². The van der Waals surface area contributed by atoms with Crippen molar-refractivity contribution in [3.8, 4) is 17.1 Å². The third-order valence-corrected chi connectivity index (χ3v) is 5.94. The number of carbonyl (C=O) groups is 1. The van der Waals surface area contributed by atoms with Gasteiger partial charge in [0.15, 0.2) is 11.5 Å². The molecule has 31 heavy (non-hydrogen) atoms. The lowest BCUT2D eigenvalue weighted by Crippen LogP contribution is -2.33. The van der Waals surface area contributed by atoms with Crippen LogP contribution in [-0.4, -0.2) is 36.2 Å². The maximum atomic E-state index is 12.7. The second-order valence-corrected chi connectivity index (χ2v) is 8.19. The second-order valence-electron chi connectivity index (χ2n) is 8.19. The number of hydrogen-bond donors (Lipinski definition) is 1. The van der Waals surface area contributed by atoms with Gasteiger partial charge in [0.05, 0.1) is 12.7 Å². The van der Waals surface area contributed by atoms with Crippen LogP contribution in [-0.2, 0) is 13.1 Å². The summed E-state index contributed by atoms with van der Waals surface area (Å²) in [6.45, 7) is 5.96. The molecule has 1 aliphatic rings. The van der Waals surface area contributed by atoms with Crippen molar-refractivity contribution in [1.29, 1.82) is 0 Å². The first-order valence-electron chi connectivity index (χ1n) is 10.8. The van der Waals surface area contributed by atoms with Crippen molar-refractivity contribution in [1.82, 2.24) is 15.4 Å². The Morgan fingerprint density at radius 3 is 2.61 bits per heavy atom. The first kappa shape index (κ1) is 21.1. The van der Waals surface area contributed by atoms with Crippen molar-refractivity contribution >= 4 is 5.91 Å². The van der Waals surface area contributed by atoms with Gasteiger partial charge in [0.25, 0.3) is 5.91 Å². The first-order valence-corrected chi connectivity index (χ1v) is 10.8. The monoisotopic (exact) mass is 419 g/mol. The third-order valence-electron chi connectivity index (χ3n) is 5.94. The molecule has 0 aliphatic carbocycles. The van der Waals surface area contributed by atoms with Gasteiger partial charge in [0.1, 0.15) is 5.75 Å². The van der Waals surface area contributed by atoms with E-state index in [4.69, 9.17) is 9.26 Å². The van der Waals surface area contributed by atoms with Gasteiger partial charge in [-0.25, -0.2) is 0 Å². The lowest BCUT2D eigenvalue weighted by atomic mass is 9.98. The first-order chi connectivity index (χ1) is 15.1. The van der Waals surface area contributed by atoms with Crippen molar-refractivity contribution in [3.63, 3.8) is 0 Å². The topological polar surface area (TPSA) is 67.6 Å². The van der Waals surface area contributed by atoms with Gasteiger partial charge in [-0.2, -0.15) is 0 Å². The molecule has 0 bridgehead atoms.